The molecule has 32 heavy (non-hydrogen) atoms. The minimum Gasteiger partial charge on any atom is -0.476 e. The van der Waals surface area contributed by atoms with E-state index in [4.69, 9.17) is 9.47 Å². The van der Waals surface area contributed by atoms with Crippen LogP contribution in [-0.2, 0) is 20.7 Å². The molecule has 1 aromatic carbocycles. The summed E-state index contributed by atoms with van der Waals surface area (Å²) in [5, 5.41) is 3.41. The zero-order valence-corrected chi connectivity index (χ0v) is 20.3. The molecular weight excluding hydrogens is 406 g/mol. The summed E-state index contributed by atoms with van der Waals surface area (Å²) in [6.07, 6.45) is 4.17. The minimum absolute atomic E-state index is 0.0528. The number of anilines is 1. The number of carbonyl (C=O) groups is 2. The number of carbonyl (C=O) groups excluding carboxylic acids is 2. The van der Waals surface area contributed by atoms with Gasteiger partial charge in [0.25, 0.3) is 5.91 Å². The van der Waals surface area contributed by atoms with Gasteiger partial charge in [0.15, 0.2) is 5.60 Å². The number of amides is 2. The van der Waals surface area contributed by atoms with Gasteiger partial charge in [0.05, 0.1) is 12.1 Å². The zero-order valence-electron chi connectivity index (χ0n) is 20.3. The van der Waals surface area contributed by atoms with E-state index >= 15 is 0 Å². The van der Waals surface area contributed by atoms with Crippen LogP contribution in [0.1, 0.15) is 58.9 Å². The molecule has 3 rings (SSSR count). The molecule has 178 valence electrons. The van der Waals surface area contributed by atoms with Gasteiger partial charge < -0.3 is 24.6 Å². The van der Waals surface area contributed by atoms with Crippen molar-refractivity contribution in [3.63, 3.8) is 0 Å². The highest BCUT2D eigenvalue weighted by atomic mass is 16.5. The largest absolute Gasteiger partial charge is 0.476 e. The molecule has 0 aliphatic carbocycles. The molecule has 0 spiro atoms. The Bertz CT molecular complexity index is 802. The molecule has 0 bridgehead atoms. The second kappa shape index (κ2) is 10.7. The molecule has 7 heteroatoms. The number of rotatable bonds is 9. The Morgan fingerprint density at radius 1 is 1.34 bits per heavy atom. The average molecular weight is 446 g/mol. The predicted octanol–water partition coefficient (Wildman–Crippen LogP) is 3.15. The highest BCUT2D eigenvalue weighted by Crippen LogP contribution is 2.38. The van der Waals surface area contributed by atoms with Gasteiger partial charge in [-0.1, -0.05) is 6.07 Å². The van der Waals surface area contributed by atoms with Gasteiger partial charge in [-0.2, -0.15) is 0 Å². The van der Waals surface area contributed by atoms with E-state index in [0.717, 1.165) is 50.0 Å². The molecule has 2 amide bonds. The first-order valence-corrected chi connectivity index (χ1v) is 11.9. The smallest absolute Gasteiger partial charge is 0.270 e. The number of benzene rings is 1. The van der Waals surface area contributed by atoms with Gasteiger partial charge >= 0.3 is 0 Å². The number of unbranched alkanes of at least 4 members (excludes halogenated alkanes) is 1. The first-order valence-electron chi connectivity index (χ1n) is 11.9. The Hall–Kier alpha value is -2.12. The lowest BCUT2D eigenvalue weighted by Crippen LogP contribution is -2.53. The van der Waals surface area contributed by atoms with Gasteiger partial charge in [-0.15, -0.1) is 0 Å². The van der Waals surface area contributed by atoms with Crippen molar-refractivity contribution >= 4 is 17.5 Å². The lowest BCUT2D eigenvalue weighted by molar-refractivity contribution is -0.135. The molecule has 1 fully saturated rings. The first kappa shape index (κ1) is 24.5. The van der Waals surface area contributed by atoms with Crippen molar-refractivity contribution < 1.29 is 19.1 Å². The second-order valence-corrected chi connectivity index (χ2v) is 9.64. The lowest BCUT2D eigenvalue weighted by Gasteiger charge is -2.39. The molecular formula is C25H39N3O4. The third-order valence-corrected chi connectivity index (χ3v) is 6.28. The number of ether oxygens (including phenoxy) is 2. The molecule has 1 aromatic rings. The van der Waals surface area contributed by atoms with E-state index in [0.29, 0.717) is 25.3 Å². The monoisotopic (exact) mass is 445 g/mol. The first-order chi connectivity index (χ1) is 15.2. The van der Waals surface area contributed by atoms with Crippen molar-refractivity contribution in [2.75, 3.05) is 38.3 Å². The Morgan fingerprint density at radius 2 is 2.12 bits per heavy atom. The van der Waals surface area contributed by atoms with E-state index in [2.05, 4.69) is 19.2 Å². The normalized spacial score (nSPS) is 20.1. The topological polar surface area (TPSA) is 71.1 Å². The van der Waals surface area contributed by atoms with Gasteiger partial charge in [0.1, 0.15) is 5.75 Å². The Kier molecular flexibility index (Phi) is 8.17. The molecule has 2 heterocycles. The van der Waals surface area contributed by atoms with Gasteiger partial charge in [-0.3, -0.25) is 9.59 Å². The van der Waals surface area contributed by atoms with Crippen molar-refractivity contribution in [3.05, 3.63) is 23.8 Å². The van der Waals surface area contributed by atoms with Crippen LogP contribution in [-0.4, -0.2) is 67.7 Å². The maximum Gasteiger partial charge on any atom is 0.270 e. The maximum atomic E-state index is 13.3. The fourth-order valence-electron chi connectivity index (χ4n) is 4.71. The summed E-state index contributed by atoms with van der Waals surface area (Å²) in [7, 11) is 1.69. The van der Waals surface area contributed by atoms with Crippen LogP contribution in [0.25, 0.3) is 0 Å². The van der Waals surface area contributed by atoms with Crippen molar-refractivity contribution in [2.45, 2.75) is 77.5 Å². The number of piperidine rings is 1. The van der Waals surface area contributed by atoms with Gasteiger partial charge in [0.2, 0.25) is 5.91 Å². The number of nitrogens with one attached hydrogen (secondary N) is 1. The summed E-state index contributed by atoms with van der Waals surface area (Å²) in [5.41, 5.74) is 0.752. The quantitative estimate of drug-likeness (QED) is 0.592. The van der Waals surface area contributed by atoms with Crippen LogP contribution >= 0.6 is 0 Å². The van der Waals surface area contributed by atoms with Gasteiger partial charge in [-0.05, 0) is 77.6 Å². The summed E-state index contributed by atoms with van der Waals surface area (Å²) in [6, 6.07) is 6.18. The summed E-state index contributed by atoms with van der Waals surface area (Å²) in [4.78, 5) is 30.2. The van der Waals surface area contributed by atoms with E-state index < -0.39 is 5.60 Å². The van der Waals surface area contributed by atoms with Crippen LogP contribution in [0.2, 0.25) is 0 Å². The second-order valence-electron chi connectivity index (χ2n) is 9.64. The Morgan fingerprint density at radius 3 is 2.78 bits per heavy atom. The molecule has 0 radical (unpaired) electrons. The van der Waals surface area contributed by atoms with Crippen LogP contribution < -0.4 is 15.0 Å². The molecule has 0 aromatic heterocycles. The van der Waals surface area contributed by atoms with Crippen LogP contribution in [0.3, 0.4) is 0 Å². The van der Waals surface area contributed by atoms with E-state index in [1.807, 2.05) is 28.0 Å². The zero-order chi connectivity index (χ0) is 23.3. The summed E-state index contributed by atoms with van der Waals surface area (Å²) >= 11 is 0. The van der Waals surface area contributed by atoms with E-state index in [-0.39, 0.29) is 23.9 Å². The standard InChI is InChI=1S/C25H39N3O4/c1-18(2)28(20-9-8-12-26-17-20)23(29)16-19-10-11-22-21(15-19)27(13-6-7-14-31-5)24(30)25(3,4)32-22/h10-11,15,18,20,26H,6-9,12-14,16-17H2,1-5H3/t20-/m1/s1. The number of nitrogens with zero attached hydrogens (tertiary/aromatic N) is 2. The maximum absolute atomic E-state index is 13.3. The number of hydrogen-bond donors (Lipinski definition) is 1. The molecule has 2 aliphatic rings. The van der Waals surface area contributed by atoms with Gasteiger partial charge in [-0.25, -0.2) is 0 Å². The van der Waals surface area contributed by atoms with E-state index in [1.165, 1.54) is 0 Å². The van der Waals surface area contributed by atoms with E-state index in [9.17, 15) is 9.59 Å². The van der Waals surface area contributed by atoms with Crippen molar-refractivity contribution in [3.8, 4) is 5.75 Å². The average Bonchev–Trinajstić information content (AvgIpc) is 2.74. The van der Waals surface area contributed by atoms with Gasteiger partial charge in [0, 0.05) is 38.9 Å². The fourth-order valence-corrected chi connectivity index (χ4v) is 4.71. The van der Waals surface area contributed by atoms with Crippen LogP contribution in [0.4, 0.5) is 5.69 Å². The van der Waals surface area contributed by atoms with E-state index in [1.54, 1.807) is 21.0 Å². The molecule has 1 atom stereocenters. The highest BCUT2D eigenvalue weighted by molar-refractivity contribution is 6.02. The summed E-state index contributed by atoms with van der Waals surface area (Å²) < 4.78 is 11.2. The number of fused-ring (bicyclic) bond motifs is 1. The van der Waals surface area contributed by atoms with Crippen LogP contribution in [0.5, 0.6) is 5.75 Å². The van der Waals surface area contributed by atoms with Crippen LogP contribution in [0, 0.1) is 0 Å². The Labute approximate surface area is 192 Å². The minimum atomic E-state index is -0.909. The molecule has 1 saturated heterocycles. The fraction of sp³-hybridized carbons (Fsp3) is 0.680. The van der Waals surface area contributed by atoms with Crippen molar-refractivity contribution in [2.24, 2.45) is 0 Å². The summed E-state index contributed by atoms with van der Waals surface area (Å²) in [5.74, 6) is 0.765. The Balaban J connectivity index is 1.80. The predicted molar refractivity (Wildman–Crippen MR) is 126 cm³/mol. The molecule has 1 N–H and O–H groups in total. The molecule has 0 saturated carbocycles. The number of hydrogen-bond acceptors (Lipinski definition) is 5. The van der Waals surface area contributed by atoms with Crippen molar-refractivity contribution in [1.82, 2.24) is 10.2 Å². The molecule has 0 unspecified atom stereocenters. The van der Waals surface area contributed by atoms with Crippen molar-refractivity contribution in [1.29, 1.82) is 0 Å². The molecule has 7 nitrogen and oxygen atoms in total. The third-order valence-electron chi connectivity index (χ3n) is 6.28. The third kappa shape index (κ3) is 5.62. The molecule has 2 aliphatic heterocycles. The van der Waals surface area contributed by atoms with Crippen LogP contribution in [0.15, 0.2) is 18.2 Å². The lowest BCUT2D eigenvalue weighted by atomic mass is 10.00. The SMILES string of the molecule is COCCCCN1C(=O)C(C)(C)Oc2ccc(CC(=O)N(C(C)C)[C@@H]3CCCNC3)cc21. The number of methoxy groups -OCH3 is 1. The summed E-state index contributed by atoms with van der Waals surface area (Å²) in [6.45, 7) is 10.9. The highest BCUT2D eigenvalue weighted by Gasteiger charge is 2.40.